The number of anilines is 1. The molecular formula is C26H21N7O2. The van der Waals surface area contributed by atoms with E-state index in [1.165, 1.54) is 0 Å². The van der Waals surface area contributed by atoms with E-state index in [4.69, 9.17) is 9.40 Å². The summed E-state index contributed by atoms with van der Waals surface area (Å²) in [5, 5.41) is 11.3. The molecule has 9 heteroatoms. The van der Waals surface area contributed by atoms with E-state index in [0.717, 1.165) is 50.7 Å². The number of furan rings is 1. The number of imidazole rings is 1. The summed E-state index contributed by atoms with van der Waals surface area (Å²) >= 11 is 0. The maximum Gasteiger partial charge on any atom is 0.224 e. The van der Waals surface area contributed by atoms with Crippen LogP contribution in [0.5, 0.6) is 0 Å². The highest BCUT2D eigenvalue weighted by molar-refractivity contribution is 5.98. The van der Waals surface area contributed by atoms with Crippen molar-refractivity contribution in [2.75, 3.05) is 5.32 Å². The molecule has 0 bridgehead atoms. The maximum absolute atomic E-state index is 12.0. The Bertz CT molecular complexity index is 1660. The van der Waals surface area contributed by atoms with Crippen LogP contribution in [0.1, 0.15) is 19.8 Å². The van der Waals surface area contributed by atoms with E-state index in [2.05, 4.69) is 30.5 Å². The highest BCUT2D eigenvalue weighted by Gasteiger charge is 2.16. The van der Waals surface area contributed by atoms with Gasteiger partial charge in [-0.25, -0.2) is 4.98 Å². The average molecular weight is 464 g/mol. The Morgan fingerprint density at radius 1 is 1.09 bits per heavy atom. The van der Waals surface area contributed by atoms with Crippen molar-refractivity contribution in [2.24, 2.45) is 0 Å². The number of fused-ring (bicyclic) bond motifs is 2. The summed E-state index contributed by atoms with van der Waals surface area (Å²) in [6.07, 6.45) is 9.70. The van der Waals surface area contributed by atoms with Gasteiger partial charge in [-0.15, -0.1) is 0 Å². The van der Waals surface area contributed by atoms with E-state index in [9.17, 15) is 4.79 Å². The Balaban J connectivity index is 1.40. The second kappa shape index (κ2) is 8.53. The molecule has 0 fully saturated rings. The van der Waals surface area contributed by atoms with Gasteiger partial charge in [0.15, 0.2) is 5.82 Å². The third-order valence-corrected chi connectivity index (χ3v) is 5.81. The molecule has 35 heavy (non-hydrogen) atoms. The lowest BCUT2D eigenvalue weighted by Gasteiger charge is -2.06. The van der Waals surface area contributed by atoms with Crippen molar-refractivity contribution in [3.05, 3.63) is 67.5 Å². The second-order valence-electron chi connectivity index (χ2n) is 8.25. The van der Waals surface area contributed by atoms with Gasteiger partial charge < -0.3 is 14.7 Å². The van der Waals surface area contributed by atoms with Gasteiger partial charge in [-0.05, 0) is 30.7 Å². The van der Waals surface area contributed by atoms with Gasteiger partial charge in [0.1, 0.15) is 5.69 Å². The molecule has 9 nitrogen and oxygen atoms in total. The van der Waals surface area contributed by atoms with Gasteiger partial charge in [-0.2, -0.15) is 5.10 Å². The summed E-state index contributed by atoms with van der Waals surface area (Å²) in [6.45, 7) is 1.97. The molecule has 5 heterocycles. The summed E-state index contributed by atoms with van der Waals surface area (Å²) in [7, 11) is 0. The van der Waals surface area contributed by atoms with Crippen LogP contribution < -0.4 is 5.32 Å². The van der Waals surface area contributed by atoms with E-state index in [1.54, 1.807) is 31.1 Å². The largest absolute Gasteiger partial charge is 0.472 e. The molecule has 0 spiro atoms. The lowest BCUT2D eigenvalue weighted by molar-refractivity contribution is -0.116. The van der Waals surface area contributed by atoms with Crippen molar-refractivity contribution in [3.63, 3.8) is 0 Å². The highest BCUT2D eigenvalue weighted by atomic mass is 16.3. The first-order valence-corrected chi connectivity index (χ1v) is 11.3. The number of hydrogen-bond donors (Lipinski definition) is 3. The summed E-state index contributed by atoms with van der Waals surface area (Å²) in [5.41, 5.74) is 7.32. The van der Waals surface area contributed by atoms with E-state index in [1.807, 2.05) is 43.3 Å². The van der Waals surface area contributed by atoms with E-state index < -0.39 is 0 Å². The minimum Gasteiger partial charge on any atom is -0.472 e. The number of carbonyl (C=O) groups is 1. The number of H-pyrrole nitrogens is 2. The van der Waals surface area contributed by atoms with Crippen molar-refractivity contribution < 1.29 is 9.21 Å². The highest BCUT2D eigenvalue weighted by Crippen LogP contribution is 2.32. The van der Waals surface area contributed by atoms with Gasteiger partial charge in [0.25, 0.3) is 0 Å². The van der Waals surface area contributed by atoms with Crippen LogP contribution in [0, 0.1) is 0 Å². The van der Waals surface area contributed by atoms with Gasteiger partial charge in [0.05, 0.1) is 52.9 Å². The molecule has 0 radical (unpaired) electrons. The third kappa shape index (κ3) is 3.82. The summed E-state index contributed by atoms with van der Waals surface area (Å²) in [5.74, 6) is 0.615. The van der Waals surface area contributed by atoms with Crippen LogP contribution in [0.3, 0.4) is 0 Å². The fourth-order valence-electron chi connectivity index (χ4n) is 4.15. The second-order valence-corrected chi connectivity index (χ2v) is 8.25. The monoisotopic (exact) mass is 463 g/mol. The topological polar surface area (TPSA) is 125 Å². The smallest absolute Gasteiger partial charge is 0.224 e. The summed E-state index contributed by atoms with van der Waals surface area (Å²) in [4.78, 5) is 29.1. The van der Waals surface area contributed by atoms with E-state index >= 15 is 0 Å². The van der Waals surface area contributed by atoms with Crippen LogP contribution in [0.25, 0.3) is 55.8 Å². The molecule has 3 N–H and O–H groups in total. The first-order chi connectivity index (χ1) is 17.2. The molecule has 6 rings (SSSR count). The molecule has 0 aliphatic carbocycles. The maximum atomic E-state index is 12.0. The first kappa shape index (κ1) is 20.8. The average Bonchev–Trinajstić information content (AvgIpc) is 3.63. The molecule has 5 aromatic heterocycles. The quantitative estimate of drug-likeness (QED) is 0.297. The number of rotatable bonds is 6. The molecule has 0 aliphatic heterocycles. The number of nitrogens with zero attached hydrogens (tertiary/aromatic N) is 4. The lowest BCUT2D eigenvalue weighted by Crippen LogP contribution is -2.10. The third-order valence-electron chi connectivity index (χ3n) is 5.81. The number of hydrogen-bond acceptors (Lipinski definition) is 6. The molecule has 0 atom stereocenters. The van der Waals surface area contributed by atoms with Gasteiger partial charge >= 0.3 is 0 Å². The van der Waals surface area contributed by atoms with Crippen molar-refractivity contribution in [2.45, 2.75) is 19.8 Å². The normalized spacial score (nSPS) is 11.3. The van der Waals surface area contributed by atoms with Gasteiger partial charge in [0, 0.05) is 34.7 Å². The van der Waals surface area contributed by atoms with Crippen LogP contribution in [0.15, 0.2) is 71.9 Å². The zero-order valence-corrected chi connectivity index (χ0v) is 18.9. The number of nitrogens with one attached hydrogen (secondary N) is 3. The molecule has 172 valence electrons. The zero-order valence-electron chi connectivity index (χ0n) is 18.9. The van der Waals surface area contributed by atoms with Crippen LogP contribution in [0.2, 0.25) is 0 Å². The number of amides is 1. The van der Waals surface area contributed by atoms with Gasteiger partial charge in [0.2, 0.25) is 5.91 Å². The Hall–Kier alpha value is -4.79. The van der Waals surface area contributed by atoms with Crippen molar-refractivity contribution >= 4 is 33.5 Å². The number of benzene rings is 1. The minimum absolute atomic E-state index is 0.0355. The lowest BCUT2D eigenvalue weighted by atomic mass is 10.1. The van der Waals surface area contributed by atoms with Crippen molar-refractivity contribution in [3.8, 4) is 33.9 Å². The summed E-state index contributed by atoms with van der Waals surface area (Å²) < 4.78 is 5.26. The van der Waals surface area contributed by atoms with E-state index in [-0.39, 0.29) is 5.91 Å². The Morgan fingerprint density at radius 3 is 2.89 bits per heavy atom. The predicted molar refractivity (Wildman–Crippen MR) is 133 cm³/mol. The molecule has 0 unspecified atom stereocenters. The van der Waals surface area contributed by atoms with Crippen molar-refractivity contribution in [1.29, 1.82) is 0 Å². The molecule has 1 amide bonds. The Labute approximate surface area is 199 Å². The van der Waals surface area contributed by atoms with Crippen LogP contribution in [-0.4, -0.2) is 36.0 Å². The number of carbonyl (C=O) groups excluding carboxylic acids is 1. The van der Waals surface area contributed by atoms with Gasteiger partial charge in [-0.1, -0.05) is 19.1 Å². The number of aromatic nitrogens is 6. The van der Waals surface area contributed by atoms with Gasteiger partial charge in [-0.3, -0.25) is 19.9 Å². The minimum atomic E-state index is -0.0355. The molecule has 0 aliphatic rings. The number of para-hydroxylation sites is 1. The fourth-order valence-corrected chi connectivity index (χ4v) is 4.15. The van der Waals surface area contributed by atoms with E-state index in [0.29, 0.717) is 23.6 Å². The van der Waals surface area contributed by atoms with Crippen LogP contribution in [0.4, 0.5) is 5.69 Å². The molecular weight excluding hydrogens is 442 g/mol. The molecule has 0 saturated carbocycles. The van der Waals surface area contributed by atoms with Crippen LogP contribution in [-0.2, 0) is 4.79 Å². The molecule has 1 aromatic carbocycles. The SMILES string of the molecule is CCCC(=O)Nc1cncc(-c2cc3c(-c4nc5c(-c6ccoc6)cccc5[nH]4)n[nH]c3cn2)c1. The summed E-state index contributed by atoms with van der Waals surface area (Å²) in [6, 6.07) is 11.7. The van der Waals surface area contributed by atoms with Crippen molar-refractivity contribution in [1.82, 2.24) is 30.1 Å². The predicted octanol–water partition coefficient (Wildman–Crippen LogP) is 5.56. The standard InChI is InChI=1S/C26H21N7O2/c1-2-4-23(34)29-17-9-16(11-27-12-17)21-10-19-22(13-28-21)32-33-25(19)26-30-20-6-3-5-18(24(20)31-26)15-7-8-35-14-15/h3,5-14H,2,4H2,1H3,(H,29,34)(H,30,31)(H,32,33). The number of pyridine rings is 2. The molecule has 0 saturated heterocycles. The first-order valence-electron chi connectivity index (χ1n) is 11.3. The van der Waals surface area contributed by atoms with Crippen LogP contribution >= 0.6 is 0 Å². The Kier molecular flexibility index (Phi) is 5.07. The fraction of sp³-hybridized carbons (Fsp3) is 0.115. The Morgan fingerprint density at radius 2 is 2.03 bits per heavy atom. The zero-order chi connectivity index (χ0) is 23.8. The molecule has 6 aromatic rings. The number of aromatic amines is 2.